The average molecular weight is 241 g/mol. The van der Waals surface area contributed by atoms with E-state index in [1.165, 1.54) is 19.4 Å². The summed E-state index contributed by atoms with van der Waals surface area (Å²) in [6.45, 7) is 6.67. The number of likely N-dealkylation sites (tertiary alicyclic amines) is 1. The van der Waals surface area contributed by atoms with Crippen LogP contribution < -0.4 is 5.32 Å². The maximum Gasteiger partial charge on any atom is 0.222 e. The van der Waals surface area contributed by atoms with Crippen LogP contribution in [0.2, 0.25) is 0 Å². The monoisotopic (exact) mass is 241 g/mol. The van der Waals surface area contributed by atoms with Crippen LogP contribution in [0.3, 0.4) is 0 Å². The topological polar surface area (TPSA) is 35.6 Å². The van der Waals surface area contributed by atoms with Gasteiger partial charge in [-0.1, -0.05) is 6.92 Å². The Labute approximate surface area is 105 Å². The van der Waals surface area contributed by atoms with Gasteiger partial charge in [0.1, 0.15) is 0 Å². The number of amides is 1. The van der Waals surface area contributed by atoms with Crippen molar-refractivity contribution >= 4 is 5.91 Å². The molecular formula is C13H27N3O. The highest BCUT2D eigenvalue weighted by molar-refractivity contribution is 5.75. The molecule has 100 valence electrons. The van der Waals surface area contributed by atoms with Gasteiger partial charge in [-0.05, 0) is 38.9 Å². The standard InChI is InChI=1S/C13H27N3O/c1-4-16-10-6-7-12(16)11-14-9-5-8-13(17)15(2)3/h12,14H,4-11H2,1-3H3. The summed E-state index contributed by atoms with van der Waals surface area (Å²) in [7, 11) is 3.63. The molecular weight excluding hydrogens is 214 g/mol. The predicted molar refractivity (Wildman–Crippen MR) is 71.1 cm³/mol. The Morgan fingerprint density at radius 1 is 1.47 bits per heavy atom. The zero-order valence-corrected chi connectivity index (χ0v) is 11.5. The minimum absolute atomic E-state index is 0.225. The highest BCUT2D eigenvalue weighted by atomic mass is 16.2. The first-order valence-corrected chi connectivity index (χ1v) is 6.80. The van der Waals surface area contributed by atoms with Crippen LogP contribution in [0.5, 0.6) is 0 Å². The van der Waals surface area contributed by atoms with Gasteiger partial charge in [0.2, 0.25) is 5.91 Å². The first-order chi connectivity index (χ1) is 8.15. The van der Waals surface area contributed by atoms with Gasteiger partial charge in [-0.2, -0.15) is 0 Å². The van der Waals surface area contributed by atoms with Crippen molar-refractivity contribution in [3.63, 3.8) is 0 Å². The van der Waals surface area contributed by atoms with Crippen LogP contribution in [0.4, 0.5) is 0 Å². The first kappa shape index (κ1) is 14.5. The van der Waals surface area contributed by atoms with Gasteiger partial charge in [-0.3, -0.25) is 9.69 Å². The molecule has 1 aliphatic rings. The minimum atomic E-state index is 0.225. The molecule has 0 radical (unpaired) electrons. The van der Waals surface area contributed by atoms with Crippen LogP contribution >= 0.6 is 0 Å². The molecule has 1 aliphatic heterocycles. The van der Waals surface area contributed by atoms with Crippen molar-refractivity contribution < 1.29 is 4.79 Å². The Hall–Kier alpha value is -0.610. The van der Waals surface area contributed by atoms with Gasteiger partial charge in [-0.25, -0.2) is 0 Å². The van der Waals surface area contributed by atoms with E-state index >= 15 is 0 Å². The molecule has 1 saturated heterocycles. The molecule has 0 spiro atoms. The van der Waals surface area contributed by atoms with E-state index in [4.69, 9.17) is 0 Å². The highest BCUT2D eigenvalue weighted by Crippen LogP contribution is 2.15. The Kier molecular flexibility index (Phi) is 6.52. The summed E-state index contributed by atoms with van der Waals surface area (Å²) in [5.74, 6) is 0.225. The Bertz CT molecular complexity index is 231. The van der Waals surface area contributed by atoms with Crippen LogP contribution in [-0.2, 0) is 4.79 Å². The molecule has 0 aromatic heterocycles. The first-order valence-electron chi connectivity index (χ1n) is 6.80. The van der Waals surface area contributed by atoms with Crippen molar-refractivity contribution in [1.29, 1.82) is 0 Å². The molecule has 0 aliphatic carbocycles. The van der Waals surface area contributed by atoms with E-state index in [1.54, 1.807) is 4.90 Å². The van der Waals surface area contributed by atoms with E-state index in [9.17, 15) is 4.79 Å². The average Bonchev–Trinajstić information content (AvgIpc) is 2.75. The smallest absolute Gasteiger partial charge is 0.222 e. The van der Waals surface area contributed by atoms with Gasteiger partial charge in [0.15, 0.2) is 0 Å². The summed E-state index contributed by atoms with van der Waals surface area (Å²) >= 11 is 0. The summed E-state index contributed by atoms with van der Waals surface area (Å²) in [5, 5.41) is 3.47. The van der Waals surface area contributed by atoms with Crippen molar-refractivity contribution in [1.82, 2.24) is 15.1 Å². The Morgan fingerprint density at radius 3 is 2.88 bits per heavy atom. The molecule has 1 amide bonds. The number of likely N-dealkylation sites (N-methyl/N-ethyl adjacent to an activating group) is 1. The van der Waals surface area contributed by atoms with Gasteiger partial charge in [0, 0.05) is 33.1 Å². The second-order valence-corrected chi connectivity index (χ2v) is 5.02. The third-order valence-corrected chi connectivity index (χ3v) is 3.53. The molecule has 0 aromatic carbocycles. The van der Waals surface area contributed by atoms with Gasteiger partial charge in [-0.15, -0.1) is 0 Å². The van der Waals surface area contributed by atoms with Gasteiger partial charge < -0.3 is 10.2 Å². The van der Waals surface area contributed by atoms with Crippen molar-refractivity contribution in [2.24, 2.45) is 0 Å². The summed E-state index contributed by atoms with van der Waals surface area (Å²) in [5.41, 5.74) is 0. The Morgan fingerprint density at radius 2 is 2.24 bits per heavy atom. The zero-order valence-electron chi connectivity index (χ0n) is 11.5. The fraction of sp³-hybridized carbons (Fsp3) is 0.923. The molecule has 1 fully saturated rings. The van der Waals surface area contributed by atoms with Crippen molar-refractivity contribution in [3.05, 3.63) is 0 Å². The second-order valence-electron chi connectivity index (χ2n) is 5.02. The molecule has 4 nitrogen and oxygen atoms in total. The van der Waals surface area contributed by atoms with Crippen LogP contribution in [0.1, 0.15) is 32.6 Å². The molecule has 1 unspecified atom stereocenters. The molecule has 0 saturated carbocycles. The SMILES string of the molecule is CCN1CCCC1CNCCCC(=O)N(C)C. The molecule has 1 N–H and O–H groups in total. The lowest BCUT2D eigenvalue weighted by Crippen LogP contribution is -2.38. The molecule has 1 rings (SSSR count). The number of nitrogens with zero attached hydrogens (tertiary/aromatic N) is 2. The summed E-state index contributed by atoms with van der Waals surface area (Å²) in [4.78, 5) is 15.6. The zero-order chi connectivity index (χ0) is 12.7. The van der Waals surface area contributed by atoms with Crippen LogP contribution in [-0.4, -0.2) is 62.0 Å². The highest BCUT2D eigenvalue weighted by Gasteiger charge is 2.21. The second kappa shape index (κ2) is 7.67. The number of nitrogens with one attached hydrogen (secondary N) is 1. The van der Waals surface area contributed by atoms with E-state index in [2.05, 4.69) is 17.1 Å². The minimum Gasteiger partial charge on any atom is -0.349 e. The maximum absolute atomic E-state index is 11.4. The number of carbonyl (C=O) groups is 1. The lowest BCUT2D eigenvalue weighted by atomic mass is 10.2. The fourth-order valence-corrected chi connectivity index (χ4v) is 2.40. The fourth-order valence-electron chi connectivity index (χ4n) is 2.40. The van der Waals surface area contributed by atoms with Crippen LogP contribution in [0.25, 0.3) is 0 Å². The third kappa shape index (κ3) is 5.04. The molecule has 1 atom stereocenters. The predicted octanol–water partition coefficient (Wildman–Crippen LogP) is 0.929. The van der Waals surface area contributed by atoms with E-state index in [0.717, 1.165) is 26.1 Å². The largest absolute Gasteiger partial charge is 0.349 e. The van der Waals surface area contributed by atoms with E-state index < -0.39 is 0 Å². The number of rotatable bonds is 7. The third-order valence-electron chi connectivity index (χ3n) is 3.53. The van der Waals surface area contributed by atoms with E-state index in [1.807, 2.05) is 14.1 Å². The number of carbonyl (C=O) groups excluding carboxylic acids is 1. The molecule has 0 aromatic rings. The molecule has 1 heterocycles. The molecule has 4 heteroatoms. The summed E-state index contributed by atoms with van der Waals surface area (Å²) in [6, 6.07) is 0.713. The Balaban J connectivity index is 2.02. The number of hydrogen-bond donors (Lipinski definition) is 1. The summed E-state index contributed by atoms with van der Waals surface area (Å²) in [6.07, 6.45) is 4.24. The van der Waals surface area contributed by atoms with E-state index in [0.29, 0.717) is 12.5 Å². The van der Waals surface area contributed by atoms with Gasteiger partial charge in [0.05, 0.1) is 0 Å². The molecule has 17 heavy (non-hydrogen) atoms. The molecule has 0 bridgehead atoms. The quantitative estimate of drug-likeness (QED) is 0.674. The lowest BCUT2D eigenvalue weighted by molar-refractivity contribution is -0.128. The van der Waals surface area contributed by atoms with Crippen molar-refractivity contribution in [2.45, 2.75) is 38.6 Å². The van der Waals surface area contributed by atoms with Gasteiger partial charge in [0.25, 0.3) is 0 Å². The van der Waals surface area contributed by atoms with Crippen molar-refractivity contribution in [2.75, 3.05) is 40.3 Å². The maximum atomic E-state index is 11.4. The summed E-state index contributed by atoms with van der Waals surface area (Å²) < 4.78 is 0. The lowest BCUT2D eigenvalue weighted by Gasteiger charge is -2.23. The van der Waals surface area contributed by atoms with Crippen LogP contribution in [0, 0.1) is 0 Å². The van der Waals surface area contributed by atoms with Gasteiger partial charge >= 0.3 is 0 Å². The van der Waals surface area contributed by atoms with Crippen LogP contribution in [0.15, 0.2) is 0 Å². The van der Waals surface area contributed by atoms with E-state index in [-0.39, 0.29) is 5.91 Å². The van der Waals surface area contributed by atoms with Crippen molar-refractivity contribution in [3.8, 4) is 0 Å². The normalized spacial score (nSPS) is 20.8. The number of hydrogen-bond acceptors (Lipinski definition) is 3.